The van der Waals surface area contributed by atoms with Gasteiger partial charge in [-0.05, 0) is 70.2 Å². The molecule has 114 valence electrons. The molecule has 1 aliphatic carbocycles. The first-order valence-corrected chi connectivity index (χ1v) is 8.77. The Balaban J connectivity index is 1.99. The number of imidazole rings is 1. The number of aromatic nitrogens is 2. The Morgan fingerprint density at radius 1 is 1.29 bits per heavy atom. The Labute approximate surface area is 135 Å². The third kappa shape index (κ3) is 2.88. The molecule has 1 saturated carbocycles. The van der Waals surface area contributed by atoms with Gasteiger partial charge in [0.25, 0.3) is 0 Å². The Bertz CT molecular complexity index is 624. The highest BCUT2D eigenvalue weighted by Gasteiger charge is 2.26. The smallest absolute Gasteiger partial charge is 0.113 e. The summed E-state index contributed by atoms with van der Waals surface area (Å²) in [5, 5.41) is 0. The normalized spacial score (nSPS) is 23.1. The van der Waals surface area contributed by atoms with Gasteiger partial charge in [0.15, 0.2) is 0 Å². The Hall–Kier alpha value is -0.870. The summed E-state index contributed by atoms with van der Waals surface area (Å²) >= 11 is 3.55. The van der Waals surface area contributed by atoms with Gasteiger partial charge in [-0.3, -0.25) is 0 Å². The van der Waals surface area contributed by atoms with Crippen LogP contribution >= 0.6 is 15.9 Å². The van der Waals surface area contributed by atoms with E-state index in [9.17, 15) is 0 Å². The van der Waals surface area contributed by atoms with Gasteiger partial charge in [-0.2, -0.15) is 0 Å². The Morgan fingerprint density at radius 3 is 2.62 bits per heavy atom. The molecule has 2 N–H and O–H groups in total. The van der Waals surface area contributed by atoms with Crippen LogP contribution in [-0.2, 0) is 0 Å². The van der Waals surface area contributed by atoms with E-state index >= 15 is 0 Å². The Morgan fingerprint density at radius 2 is 2.00 bits per heavy atom. The van der Waals surface area contributed by atoms with Crippen molar-refractivity contribution in [1.82, 2.24) is 9.55 Å². The van der Waals surface area contributed by atoms with Crippen LogP contribution in [0.2, 0.25) is 0 Å². The van der Waals surface area contributed by atoms with Crippen LogP contribution in [0.4, 0.5) is 0 Å². The standard InChI is InChI=1S/C17H24BrN3/c1-11(2)21-16-8-7-14(18)9-15(16)20-17(21)13-5-3-12(10-19)4-6-13/h7-9,11-13H,3-6,10,19H2,1-2H3. The molecular formula is C17H24BrN3. The summed E-state index contributed by atoms with van der Waals surface area (Å²) in [4.78, 5) is 4.97. The summed E-state index contributed by atoms with van der Waals surface area (Å²) in [6.07, 6.45) is 4.93. The van der Waals surface area contributed by atoms with Crippen LogP contribution < -0.4 is 5.73 Å². The first-order chi connectivity index (χ1) is 10.1. The average molecular weight is 350 g/mol. The van der Waals surface area contributed by atoms with Crippen molar-refractivity contribution in [2.24, 2.45) is 11.7 Å². The van der Waals surface area contributed by atoms with E-state index in [-0.39, 0.29) is 0 Å². The maximum absolute atomic E-state index is 5.82. The zero-order valence-corrected chi connectivity index (χ0v) is 14.4. The number of hydrogen-bond acceptors (Lipinski definition) is 2. The van der Waals surface area contributed by atoms with Crippen molar-refractivity contribution in [3.63, 3.8) is 0 Å². The fraction of sp³-hybridized carbons (Fsp3) is 0.588. The lowest BCUT2D eigenvalue weighted by Gasteiger charge is -2.28. The number of hydrogen-bond donors (Lipinski definition) is 1. The van der Waals surface area contributed by atoms with Crippen molar-refractivity contribution < 1.29 is 0 Å². The molecule has 1 heterocycles. The van der Waals surface area contributed by atoms with Gasteiger partial charge < -0.3 is 10.3 Å². The van der Waals surface area contributed by atoms with Crippen molar-refractivity contribution in [3.05, 3.63) is 28.5 Å². The van der Waals surface area contributed by atoms with Gasteiger partial charge in [0, 0.05) is 16.4 Å². The average Bonchev–Trinajstić information content (AvgIpc) is 2.85. The molecule has 0 spiro atoms. The van der Waals surface area contributed by atoms with E-state index in [1.54, 1.807) is 0 Å². The van der Waals surface area contributed by atoms with E-state index in [4.69, 9.17) is 10.7 Å². The molecule has 2 aromatic rings. The molecular weight excluding hydrogens is 326 g/mol. The van der Waals surface area contributed by atoms with E-state index in [0.717, 1.165) is 16.5 Å². The van der Waals surface area contributed by atoms with Crippen molar-refractivity contribution >= 4 is 27.0 Å². The lowest BCUT2D eigenvalue weighted by Crippen LogP contribution is -2.22. The molecule has 1 aromatic carbocycles. The van der Waals surface area contributed by atoms with E-state index in [2.05, 4.69) is 52.5 Å². The highest BCUT2D eigenvalue weighted by atomic mass is 79.9. The van der Waals surface area contributed by atoms with Crippen LogP contribution in [0.25, 0.3) is 11.0 Å². The summed E-state index contributed by atoms with van der Waals surface area (Å²) in [6, 6.07) is 6.86. The van der Waals surface area contributed by atoms with Crippen molar-refractivity contribution in [2.75, 3.05) is 6.54 Å². The van der Waals surface area contributed by atoms with Crippen LogP contribution in [0.3, 0.4) is 0 Å². The highest BCUT2D eigenvalue weighted by Crippen LogP contribution is 2.37. The fourth-order valence-corrected chi connectivity index (χ4v) is 3.93. The minimum Gasteiger partial charge on any atom is -0.330 e. The molecule has 0 aliphatic heterocycles. The number of rotatable bonds is 3. The molecule has 0 amide bonds. The SMILES string of the molecule is CC(C)n1c(C2CCC(CN)CC2)nc2cc(Br)ccc21. The molecule has 1 aromatic heterocycles. The van der Waals surface area contributed by atoms with Crippen LogP contribution in [0.1, 0.15) is 57.3 Å². The number of nitrogens with zero attached hydrogens (tertiary/aromatic N) is 2. The van der Waals surface area contributed by atoms with Gasteiger partial charge in [0.2, 0.25) is 0 Å². The minimum atomic E-state index is 0.443. The molecule has 21 heavy (non-hydrogen) atoms. The summed E-state index contributed by atoms with van der Waals surface area (Å²) in [6.45, 7) is 5.33. The molecule has 0 unspecified atom stereocenters. The zero-order chi connectivity index (χ0) is 15.0. The van der Waals surface area contributed by atoms with Gasteiger partial charge in [-0.1, -0.05) is 15.9 Å². The molecule has 0 saturated heterocycles. The number of halogens is 1. The number of benzene rings is 1. The molecule has 4 heteroatoms. The van der Waals surface area contributed by atoms with Crippen molar-refractivity contribution in [1.29, 1.82) is 0 Å². The molecule has 1 aliphatic rings. The summed E-state index contributed by atoms with van der Waals surface area (Å²) in [5.41, 5.74) is 8.18. The van der Waals surface area contributed by atoms with Crippen molar-refractivity contribution in [2.45, 2.75) is 51.5 Å². The molecule has 3 nitrogen and oxygen atoms in total. The molecule has 0 atom stereocenters. The second-order valence-corrected chi connectivity index (χ2v) is 7.44. The monoisotopic (exact) mass is 349 g/mol. The third-order valence-corrected chi connectivity index (χ3v) is 5.23. The van der Waals surface area contributed by atoms with E-state index < -0.39 is 0 Å². The van der Waals surface area contributed by atoms with E-state index in [1.807, 2.05) is 0 Å². The first kappa shape index (κ1) is 15.0. The van der Waals surface area contributed by atoms with Gasteiger partial charge in [-0.25, -0.2) is 4.98 Å². The highest BCUT2D eigenvalue weighted by molar-refractivity contribution is 9.10. The first-order valence-electron chi connectivity index (χ1n) is 7.97. The molecule has 3 rings (SSSR count). The number of nitrogens with two attached hydrogens (primary N) is 1. The fourth-order valence-electron chi connectivity index (χ4n) is 3.58. The summed E-state index contributed by atoms with van der Waals surface area (Å²) < 4.78 is 3.52. The minimum absolute atomic E-state index is 0.443. The van der Waals surface area contributed by atoms with Crippen LogP contribution in [-0.4, -0.2) is 16.1 Å². The van der Waals surface area contributed by atoms with Crippen molar-refractivity contribution in [3.8, 4) is 0 Å². The predicted molar refractivity (Wildman–Crippen MR) is 91.6 cm³/mol. The lowest BCUT2D eigenvalue weighted by molar-refractivity contribution is 0.318. The van der Waals surface area contributed by atoms with E-state index in [0.29, 0.717) is 17.9 Å². The maximum Gasteiger partial charge on any atom is 0.113 e. The molecule has 0 radical (unpaired) electrons. The maximum atomic E-state index is 5.82. The van der Waals surface area contributed by atoms with Gasteiger partial charge in [-0.15, -0.1) is 0 Å². The topological polar surface area (TPSA) is 43.8 Å². The van der Waals surface area contributed by atoms with Gasteiger partial charge in [0.05, 0.1) is 11.0 Å². The summed E-state index contributed by atoms with van der Waals surface area (Å²) in [7, 11) is 0. The lowest BCUT2D eigenvalue weighted by atomic mass is 9.81. The van der Waals surface area contributed by atoms with Gasteiger partial charge >= 0.3 is 0 Å². The molecule has 1 fully saturated rings. The van der Waals surface area contributed by atoms with Crippen LogP contribution in [0.5, 0.6) is 0 Å². The second-order valence-electron chi connectivity index (χ2n) is 6.52. The largest absolute Gasteiger partial charge is 0.330 e. The second kappa shape index (κ2) is 6.09. The zero-order valence-electron chi connectivity index (χ0n) is 12.8. The van der Waals surface area contributed by atoms with Crippen LogP contribution in [0.15, 0.2) is 22.7 Å². The third-order valence-electron chi connectivity index (χ3n) is 4.74. The summed E-state index contributed by atoms with van der Waals surface area (Å²) in [5.74, 6) is 2.57. The quantitative estimate of drug-likeness (QED) is 0.878. The Kier molecular flexibility index (Phi) is 4.36. The van der Waals surface area contributed by atoms with Crippen LogP contribution in [0, 0.1) is 5.92 Å². The van der Waals surface area contributed by atoms with E-state index in [1.165, 1.54) is 37.0 Å². The van der Waals surface area contributed by atoms with Gasteiger partial charge in [0.1, 0.15) is 5.82 Å². The predicted octanol–water partition coefficient (Wildman–Crippen LogP) is 4.61. The number of fused-ring (bicyclic) bond motifs is 1. The molecule has 0 bridgehead atoms.